The maximum atomic E-state index is 12.2. The first-order valence-electron chi connectivity index (χ1n) is 6.37. The molecule has 1 aromatic rings. The highest BCUT2D eigenvalue weighted by Gasteiger charge is 2.23. The molecule has 0 unspecified atom stereocenters. The Kier molecular flexibility index (Phi) is 4.84. The van der Waals surface area contributed by atoms with Crippen molar-refractivity contribution in [2.24, 2.45) is 0 Å². The number of hydrogen-bond donors (Lipinski definition) is 1. The second-order valence-corrected chi connectivity index (χ2v) is 6.96. The summed E-state index contributed by atoms with van der Waals surface area (Å²) < 4.78 is 27.2. The third-order valence-electron chi connectivity index (χ3n) is 3.43. The number of hydrogen-bond acceptors (Lipinski definition) is 3. The van der Waals surface area contributed by atoms with Gasteiger partial charge in [0.05, 0.1) is 4.90 Å². The molecule has 6 heteroatoms. The number of alkyl halides is 1. The highest BCUT2D eigenvalue weighted by Crippen LogP contribution is 2.15. The number of sulfonamides is 1. The summed E-state index contributed by atoms with van der Waals surface area (Å²) in [6.45, 7) is 1.86. The molecule has 19 heavy (non-hydrogen) atoms. The Morgan fingerprint density at radius 1 is 1.26 bits per heavy atom. The number of benzene rings is 1. The molecular weight excluding hydrogens is 284 g/mol. The van der Waals surface area contributed by atoms with Crippen molar-refractivity contribution >= 4 is 21.6 Å². The number of rotatable bonds is 4. The molecule has 1 saturated heterocycles. The van der Waals surface area contributed by atoms with Gasteiger partial charge in [0.25, 0.3) is 0 Å². The fourth-order valence-corrected chi connectivity index (χ4v) is 3.65. The second-order valence-electron chi connectivity index (χ2n) is 4.98. The predicted molar refractivity (Wildman–Crippen MR) is 76.8 cm³/mol. The molecule has 1 aliphatic rings. The molecule has 4 nitrogen and oxygen atoms in total. The number of nitrogens with zero attached hydrogens (tertiary/aromatic N) is 1. The van der Waals surface area contributed by atoms with Crippen LogP contribution in [-0.4, -0.2) is 39.5 Å². The molecule has 0 amide bonds. The molecule has 1 aliphatic heterocycles. The van der Waals surface area contributed by atoms with Crippen LogP contribution in [0.5, 0.6) is 0 Å². The van der Waals surface area contributed by atoms with Crippen LogP contribution in [0.15, 0.2) is 29.2 Å². The van der Waals surface area contributed by atoms with E-state index in [9.17, 15) is 8.42 Å². The minimum atomic E-state index is -3.41. The lowest BCUT2D eigenvalue weighted by Gasteiger charge is -2.29. The van der Waals surface area contributed by atoms with E-state index in [-0.39, 0.29) is 6.04 Å². The smallest absolute Gasteiger partial charge is 0.240 e. The number of halogens is 1. The van der Waals surface area contributed by atoms with Crippen LogP contribution in [0.1, 0.15) is 18.4 Å². The highest BCUT2D eigenvalue weighted by atomic mass is 35.5. The molecule has 0 aromatic heterocycles. The van der Waals surface area contributed by atoms with Gasteiger partial charge in [0.1, 0.15) is 0 Å². The molecule has 106 valence electrons. The van der Waals surface area contributed by atoms with Gasteiger partial charge in [-0.2, -0.15) is 0 Å². The maximum Gasteiger partial charge on any atom is 0.240 e. The summed E-state index contributed by atoms with van der Waals surface area (Å²) in [5.41, 5.74) is 0.917. The van der Waals surface area contributed by atoms with Crippen molar-refractivity contribution in [2.75, 3.05) is 20.1 Å². The average molecular weight is 303 g/mol. The molecular formula is C13H19ClN2O2S. The number of nitrogens with one attached hydrogen (secondary N) is 1. The van der Waals surface area contributed by atoms with Crippen molar-refractivity contribution in [3.8, 4) is 0 Å². The van der Waals surface area contributed by atoms with Gasteiger partial charge in [-0.1, -0.05) is 12.1 Å². The quantitative estimate of drug-likeness (QED) is 0.863. The second kappa shape index (κ2) is 6.22. The average Bonchev–Trinajstić information content (AvgIpc) is 2.41. The largest absolute Gasteiger partial charge is 0.306 e. The summed E-state index contributed by atoms with van der Waals surface area (Å²) in [6, 6.07) is 6.74. The molecule has 1 aromatic carbocycles. The SMILES string of the molecule is CN1CCC(NS(=O)(=O)c2ccc(CCl)cc2)CC1. The fourth-order valence-electron chi connectivity index (χ4n) is 2.17. The van der Waals surface area contributed by atoms with Crippen LogP contribution in [0.2, 0.25) is 0 Å². The normalized spacial score (nSPS) is 18.6. The zero-order chi connectivity index (χ0) is 13.9. The molecule has 1 fully saturated rings. The van der Waals surface area contributed by atoms with Crippen LogP contribution in [-0.2, 0) is 15.9 Å². The minimum absolute atomic E-state index is 0.0360. The summed E-state index contributed by atoms with van der Waals surface area (Å²) in [6.07, 6.45) is 1.71. The van der Waals surface area contributed by atoms with Crippen LogP contribution < -0.4 is 4.72 Å². The third-order valence-corrected chi connectivity index (χ3v) is 5.27. The molecule has 0 aliphatic carbocycles. The van der Waals surface area contributed by atoms with E-state index in [1.54, 1.807) is 24.3 Å². The molecule has 1 heterocycles. The lowest BCUT2D eigenvalue weighted by atomic mass is 10.1. The van der Waals surface area contributed by atoms with E-state index >= 15 is 0 Å². The first-order valence-corrected chi connectivity index (χ1v) is 8.39. The summed E-state index contributed by atoms with van der Waals surface area (Å²) >= 11 is 5.69. The summed E-state index contributed by atoms with van der Waals surface area (Å²) in [5, 5.41) is 0. The van der Waals surface area contributed by atoms with Crippen molar-refractivity contribution in [2.45, 2.75) is 29.7 Å². The van der Waals surface area contributed by atoms with Gasteiger partial charge in [0, 0.05) is 11.9 Å². The van der Waals surface area contributed by atoms with Crippen molar-refractivity contribution in [1.29, 1.82) is 0 Å². The van der Waals surface area contributed by atoms with Gasteiger partial charge in [-0.3, -0.25) is 0 Å². The zero-order valence-corrected chi connectivity index (χ0v) is 12.5. The first kappa shape index (κ1) is 14.8. The maximum absolute atomic E-state index is 12.2. The van der Waals surface area contributed by atoms with Crippen LogP contribution in [0.4, 0.5) is 0 Å². The Hall–Kier alpha value is -0.620. The van der Waals surface area contributed by atoms with E-state index in [1.807, 2.05) is 0 Å². The Morgan fingerprint density at radius 3 is 2.37 bits per heavy atom. The standard InChI is InChI=1S/C13H19ClN2O2S/c1-16-8-6-12(7-9-16)15-19(17,18)13-4-2-11(10-14)3-5-13/h2-5,12,15H,6-10H2,1H3. The number of piperidine rings is 1. The van der Waals surface area contributed by atoms with Gasteiger partial charge in [0.2, 0.25) is 10.0 Å². The van der Waals surface area contributed by atoms with Crippen LogP contribution in [0, 0.1) is 0 Å². The van der Waals surface area contributed by atoms with Gasteiger partial charge < -0.3 is 4.90 Å². The lowest BCUT2D eigenvalue weighted by Crippen LogP contribution is -2.43. The zero-order valence-electron chi connectivity index (χ0n) is 11.0. The minimum Gasteiger partial charge on any atom is -0.306 e. The van der Waals surface area contributed by atoms with Gasteiger partial charge in [0.15, 0.2) is 0 Å². The molecule has 0 spiro atoms. The molecule has 0 radical (unpaired) electrons. The van der Waals surface area contributed by atoms with Crippen LogP contribution in [0.3, 0.4) is 0 Å². The fraction of sp³-hybridized carbons (Fsp3) is 0.538. The molecule has 1 N–H and O–H groups in total. The number of likely N-dealkylation sites (tertiary alicyclic amines) is 1. The lowest BCUT2D eigenvalue weighted by molar-refractivity contribution is 0.248. The Labute approximate surface area is 119 Å². The molecule has 0 atom stereocenters. The van der Waals surface area contributed by atoms with Gasteiger partial charge in [-0.25, -0.2) is 13.1 Å². The first-order chi connectivity index (χ1) is 9.01. The Morgan fingerprint density at radius 2 is 1.84 bits per heavy atom. The van der Waals surface area contributed by atoms with Gasteiger partial charge >= 0.3 is 0 Å². The van der Waals surface area contributed by atoms with E-state index in [0.29, 0.717) is 10.8 Å². The van der Waals surface area contributed by atoms with Gasteiger partial charge in [-0.05, 0) is 50.7 Å². The topological polar surface area (TPSA) is 49.4 Å². The van der Waals surface area contributed by atoms with Crippen LogP contribution in [0.25, 0.3) is 0 Å². The molecule has 0 saturated carbocycles. The highest BCUT2D eigenvalue weighted by molar-refractivity contribution is 7.89. The monoisotopic (exact) mass is 302 g/mol. The van der Waals surface area contributed by atoms with E-state index in [0.717, 1.165) is 31.5 Å². The predicted octanol–water partition coefficient (Wildman–Crippen LogP) is 1.80. The molecule has 2 rings (SSSR count). The van der Waals surface area contributed by atoms with Crippen molar-refractivity contribution in [1.82, 2.24) is 9.62 Å². The van der Waals surface area contributed by atoms with Crippen molar-refractivity contribution in [3.63, 3.8) is 0 Å². The van der Waals surface area contributed by atoms with E-state index in [1.165, 1.54) is 0 Å². The van der Waals surface area contributed by atoms with E-state index < -0.39 is 10.0 Å². The van der Waals surface area contributed by atoms with Gasteiger partial charge in [-0.15, -0.1) is 11.6 Å². The van der Waals surface area contributed by atoms with E-state index in [4.69, 9.17) is 11.6 Å². The van der Waals surface area contributed by atoms with Crippen molar-refractivity contribution in [3.05, 3.63) is 29.8 Å². The third kappa shape index (κ3) is 3.92. The summed E-state index contributed by atoms with van der Waals surface area (Å²) in [5.74, 6) is 0.392. The molecule has 0 bridgehead atoms. The summed E-state index contributed by atoms with van der Waals surface area (Å²) in [4.78, 5) is 2.51. The Bertz CT molecular complexity index is 508. The Balaban J connectivity index is 2.05. The van der Waals surface area contributed by atoms with E-state index in [2.05, 4.69) is 16.7 Å². The van der Waals surface area contributed by atoms with Crippen LogP contribution >= 0.6 is 11.6 Å². The van der Waals surface area contributed by atoms with Crippen molar-refractivity contribution < 1.29 is 8.42 Å². The summed E-state index contributed by atoms with van der Waals surface area (Å²) in [7, 11) is -1.36.